The summed E-state index contributed by atoms with van der Waals surface area (Å²) >= 11 is 0. The van der Waals surface area contributed by atoms with Crippen molar-refractivity contribution in [1.82, 2.24) is 10.1 Å². The molecule has 0 saturated carbocycles. The summed E-state index contributed by atoms with van der Waals surface area (Å²) < 4.78 is 10.6. The van der Waals surface area contributed by atoms with Crippen LogP contribution in [0.2, 0.25) is 0 Å². The van der Waals surface area contributed by atoms with Gasteiger partial charge in [0.1, 0.15) is 12.6 Å². The lowest BCUT2D eigenvalue weighted by molar-refractivity contribution is 0.0683. The van der Waals surface area contributed by atoms with Crippen LogP contribution in [-0.2, 0) is 17.7 Å². The second-order valence-corrected chi connectivity index (χ2v) is 4.85. The number of rotatable bonds is 7. The van der Waals surface area contributed by atoms with Crippen molar-refractivity contribution in [3.63, 3.8) is 0 Å². The molecule has 0 aliphatic carbocycles. The fourth-order valence-electron chi connectivity index (χ4n) is 2.09. The molecule has 0 amide bonds. The lowest BCUT2D eigenvalue weighted by Crippen LogP contribution is -2.16. The van der Waals surface area contributed by atoms with Crippen molar-refractivity contribution in [3.8, 4) is 6.19 Å². The Balaban J connectivity index is 2.12. The summed E-state index contributed by atoms with van der Waals surface area (Å²) in [4.78, 5) is 5.82. The largest absolute Gasteiger partial charge is 0.371 e. The van der Waals surface area contributed by atoms with Gasteiger partial charge in [0.15, 0.2) is 12.0 Å². The molecule has 2 rings (SSSR count). The maximum Gasteiger partial charge on any atom is 0.247 e. The molecule has 1 atom stereocenters. The third-order valence-electron chi connectivity index (χ3n) is 3.31. The van der Waals surface area contributed by atoms with Crippen molar-refractivity contribution in [2.24, 2.45) is 0 Å². The summed E-state index contributed by atoms with van der Waals surface area (Å²) in [5.74, 6) is 0.891. The molecular weight excluding hydrogens is 280 g/mol. The number of nitrogens with zero attached hydrogens (tertiary/aromatic N) is 4. The molecule has 0 aliphatic rings. The van der Waals surface area contributed by atoms with E-state index in [0.29, 0.717) is 18.3 Å². The van der Waals surface area contributed by atoms with E-state index in [2.05, 4.69) is 23.3 Å². The smallest absolute Gasteiger partial charge is 0.247 e. The number of nitriles is 1. The Morgan fingerprint density at radius 2 is 2.23 bits per heavy atom. The summed E-state index contributed by atoms with van der Waals surface area (Å²) in [5, 5.41) is 13.3. The first-order valence-corrected chi connectivity index (χ1v) is 7.38. The average molecular weight is 300 g/mol. The Kier molecular flexibility index (Phi) is 5.50. The zero-order valence-electron chi connectivity index (χ0n) is 13.1. The van der Waals surface area contributed by atoms with Gasteiger partial charge >= 0.3 is 0 Å². The van der Waals surface area contributed by atoms with E-state index >= 15 is 0 Å². The van der Waals surface area contributed by atoms with Gasteiger partial charge in [-0.15, -0.1) is 0 Å². The highest BCUT2D eigenvalue weighted by atomic mass is 16.5. The average Bonchev–Trinajstić information content (AvgIpc) is 3.01. The Morgan fingerprint density at radius 3 is 2.91 bits per heavy atom. The van der Waals surface area contributed by atoms with E-state index in [-0.39, 0.29) is 12.6 Å². The van der Waals surface area contributed by atoms with Gasteiger partial charge in [0.05, 0.1) is 5.69 Å². The summed E-state index contributed by atoms with van der Waals surface area (Å²) in [6, 6.07) is 7.86. The van der Waals surface area contributed by atoms with Crippen LogP contribution in [0.25, 0.3) is 0 Å². The van der Waals surface area contributed by atoms with E-state index in [1.54, 1.807) is 0 Å². The molecule has 1 heterocycles. The SMILES string of the molecule is CCO[C@H](C)c1noc(CN(C#N)c2cccc(CC)c2)n1. The lowest BCUT2D eigenvalue weighted by Gasteiger charge is -2.14. The molecule has 116 valence electrons. The van der Waals surface area contributed by atoms with Crippen LogP contribution in [-0.4, -0.2) is 16.7 Å². The van der Waals surface area contributed by atoms with E-state index in [0.717, 1.165) is 12.1 Å². The van der Waals surface area contributed by atoms with Crippen molar-refractivity contribution >= 4 is 5.69 Å². The van der Waals surface area contributed by atoms with Gasteiger partial charge in [-0.3, -0.25) is 4.90 Å². The van der Waals surface area contributed by atoms with Gasteiger partial charge in [-0.25, -0.2) is 0 Å². The van der Waals surface area contributed by atoms with E-state index < -0.39 is 0 Å². The maximum atomic E-state index is 9.37. The van der Waals surface area contributed by atoms with Crippen molar-refractivity contribution < 1.29 is 9.26 Å². The van der Waals surface area contributed by atoms with Crippen molar-refractivity contribution in [2.45, 2.75) is 39.8 Å². The van der Waals surface area contributed by atoms with Crippen LogP contribution in [0.5, 0.6) is 0 Å². The quantitative estimate of drug-likeness (QED) is 0.577. The number of ether oxygens (including phenoxy) is 1. The standard InChI is InChI=1S/C16H20N4O2/c1-4-13-7-6-8-14(9-13)20(11-17)10-15-18-16(19-22-15)12(3)21-5-2/h6-9,12H,4-5,10H2,1-3H3/t12-/m1/s1. The maximum absolute atomic E-state index is 9.37. The Labute approximate surface area is 130 Å². The topological polar surface area (TPSA) is 75.2 Å². The molecule has 0 spiro atoms. The van der Waals surface area contributed by atoms with Gasteiger partial charge in [-0.2, -0.15) is 10.2 Å². The zero-order chi connectivity index (χ0) is 15.9. The Bertz CT molecular complexity index is 648. The molecule has 0 saturated heterocycles. The van der Waals surface area contributed by atoms with Crippen LogP contribution < -0.4 is 4.90 Å². The molecule has 2 aromatic rings. The van der Waals surface area contributed by atoms with Gasteiger partial charge in [0, 0.05) is 6.61 Å². The first kappa shape index (κ1) is 16.0. The van der Waals surface area contributed by atoms with Crippen molar-refractivity contribution in [3.05, 3.63) is 41.5 Å². The van der Waals surface area contributed by atoms with Crippen molar-refractivity contribution in [2.75, 3.05) is 11.5 Å². The molecule has 1 aromatic heterocycles. The summed E-state index contributed by atoms with van der Waals surface area (Å²) in [7, 11) is 0. The summed E-state index contributed by atoms with van der Waals surface area (Å²) in [6.07, 6.45) is 2.86. The molecule has 0 unspecified atom stereocenters. The molecule has 0 radical (unpaired) electrons. The first-order valence-electron chi connectivity index (χ1n) is 7.38. The van der Waals surface area contributed by atoms with E-state index in [9.17, 15) is 5.26 Å². The minimum atomic E-state index is -0.221. The predicted molar refractivity (Wildman–Crippen MR) is 82.0 cm³/mol. The minimum absolute atomic E-state index is 0.221. The van der Waals surface area contributed by atoms with Crippen LogP contribution >= 0.6 is 0 Å². The molecule has 6 nitrogen and oxygen atoms in total. The van der Waals surface area contributed by atoms with Crippen molar-refractivity contribution in [1.29, 1.82) is 5.26 Å². The second-order valence-electron chi connectivity index (χ2n) is 4.85. The molecule has 0 bridgehead atoms. The van der Waals surface area contributed by atoms with Gasteiger partial charge in [0.2, 0.25) is 5.89 Å². The molecule has 0 N–H and O–H groups in total. The predicted octanol–water partition coefficient (Wildman–Crippen LogP) is 3.22. The van der Waals surface area contributed by atoms with Crippen LogP contribution in [0.15, 0.2) is 28.8 Å². The third-order valence-corrected chi connectivity index (χ3v) is 3.31. The fourth-order valence-corrected chi connectivity index (χ4v) is 2.09. The monoisotopic (exact) mass is 300 g/mol. The molecule has 0 aliphatic heterocycles. The fraction of sp³-hybridized carbons (Fsp3) is 0.438. The molecule has 22 heavy (non-hydrogen) atoms. The van der Waals surface area contributed by atoms with Gasteiger partial charge < -0.3 is 9.26 Å². The number of hydrogen-bond donors (Lipinski definition) is 0. The summed E-state index contributed by atoms with van der Waals surface area (Å²) in [6.45, 7) is 6.68. The molecule has 1 aromatic carbocycles. The number of aryl methyl sites for hydroxylation is 1. The summed E-state index contributed by atoms with van der Waals surface area (Å²) in [5.41, 5.74) is 1.99. The highest BCUT2D eigenvalue weighted by molar-refractivity contribution is 5.52. The van der Waals surface area contributed by atoms with Crippen LogP contribution in [0, 0.1) is 11.5 Å². The highest BCUT2D eigenvalue weighted by Crippen LogP contribution is 2.19. The third kappa shape index (κ3) is 3.83. The number of aromatic nitrogens is 2. The number of anilines is 1. The van der Waals surface area contributed by atoms with E-state index in [4.69, 9.17) is 9.26 Å². The Hall–Kier alpha value is -2.39. The van der Waals surface area contributed by atoms with Gasteiger partial charge in [-0.1, -0.05) is 24.2 Å². The lowest BCUT2D eigenvalue weighted by atomic mass is 10.1. The first-order chi connectivity index (χ1) is 10.7. The molecule has 6 heteroatoms. The van der Waals surface area contributed by atoms with Crippen LogP contribution in [0.4, 0.5) is 5.69 Å². The van der Waals surface area contributed by atoms with E-state index in [1.807, 2.05) is 38.1 Å². The highest BCUT2D eigenvalue weighted by Gasteiger charge is 2.16. The number of hydrogen-bond acceptors (Lipinski definition) is 6. The van der Waals surface area contributed by atoms with E-state index in [1.165, 1.54) is 10.5 Å². The Morgan fingerprint density at radius 1 is 1.41 bits per heavy atom. The van der Waals surface area contributed by atoms with Crippen LogP contribution in [0.1, 0.15) is 44.2 Å². The normalized spacial score (nSPS) is 11.9. The number of benzene rings is 1. The zero-order valence-corrected chi connectivity index (χ0v) is 13.1. The molecular formula is C16H20N4O2. The second kappa shape index (κ2) is 7.57. The minimum Gasteiger partial charge on any atom is -0.371 e. The molecule has 0 fully saturated rings. The van der Waals surface area contributed by atoms with Gasteiger partial charge in [-0.05, 0) is 38.0 Å². The van der Waals surface area contributed by atoms with Gasteiger partial charge in [0.25, 0.3) is 0 Å². The van der Waals surface area contributed by atoms with Crippen LogP contribution in [0.3, 0.4) is 0 Å².